The Kier molecular flexibility index (Phi) is 4.00. The van der Waals surface area contributed by atoms with Gasteiger partial charge in [-0.1, -0.05) is 34.1 Å². The molecular weight excluding hydrogens is 170 g/mol. The van der Waals surface area contributed by atoms with E-state index in [1.54, 1.807) is 0 Å². The Morgan fingerprint density at radius 2 is 1.93 bits per heavy atom. The van der Waals surface area contributed by atoms with Crippen molar-refractivity contribution in [3.63, 3.8) is 0 Å². The lowest BCUT2D eigenvalue weighted by molar-refractivity contribution is 0.309. The number of rotatable bonds is 3. The van der Waals surface area contributed by atoms with Crippen LogP contribution in [0, 0.1) is 17.3 Å². The van der Waals surface area contributed by atoms with Crippen molar-refractivity contribution in [2.24, 2.45) is 23.0 Å². The lowest BCUT2D eigenvalue weighted by Crippen LogP contribution is -2.29. The summed E-state index contributed by atoms with van der Waals surface area (Å²) in [5.41, 5.74) is 6.69. The molecule has 0 heterocycles. The molecule has 1 saturated carbocycles. The predicted molar refractivity (Wildman–Crippen MR) is 63.2 cm³/mol. The molecule has 1 fully saturated rings. The molecule has 0 aromatic rings. The van der Waals surface area contributed by atoms with Crippen molar-refractivity contribution in [1.29, 1.82) is 0 Å². The van der Waals surface area contributed by atoms with Crippen molar-refractivity contribution in [3.05, 3.63) is 0 Å². The molecule has 3 unspecified atom stereocenters. The Labute approximate surface area is 89.5 Å². The Hall–Kier alpha value is -0.0400. The molecule has 0 saturated heterocycles. The summed E-state index contributed by atoms with van der Waals surface area (Å²) in [5, 5.41) is 0. The standard InChI is InChI=1S/C13H27N/c1-10-5-6-11(9-10)12(14)7-8-13(2,3)4/h10-12H,5-9,14H2,1-4H3. The van der Waals surface area contributed by atoms with Crippen LogP contribution in [0.3, 0.4) is 0 Å². The predicted octanol–water partition coefficient (Wildman–Crippen LogP) is 3.58. The maximum absolute atomic E-state index is 6.25. The summed E-state index contributed by atoms with van der Waals surface area (Å²) in [6, 6.07) is 0.458. The highest BCUT2D eigenvalue weighted by atomic mass is 14.7. The van der Waals surface area contributed by atoms with Crippen molar-refractivity contribution in [2.75, 3.05) is 0 Å². The largest absolute Gasteiger partial charge is 0.327 e. The van der Waals surface area contributed by atoms with E-state index in [0.717, 1.165) is 11.8 Å². The van der Waals surface area contributed by atoms with Gasteiger partial charge in [-0.25, -0.2) is 0 Å². The van der Waals surface area contributed by atoms with E-state index < -0.39 is 0 Å². The van der Waals surface area contributed by atoms with E-state index in [2.05, 4.69) is 27.7 Å². The third kappa shape index (κ3) is 4.00. The van der Waals surface area contributed by atoms with E-state index in [-0.39, 0.29) is 0 Å². The van der Waals surface area contributed by atoms with Gasteiger partial charge in [-0.3, -0.25) is 0 Å². The fourth-order valence-electron chi connectivity index (χ4n) is 2.48. The molecule has 0 radical (unpaired) electrons. The Morgan fingerprint density at radius 3 is 2.36 bits per heavy atom. The van der Waals surface area contributed by atoms with E-state index in [0.29, 0.717) is 11.5 Å². The van der Waals surface area contributed by atoms with E-state index >= 15 is 0 Å². The lowest BCUT2D eigenvalue weighted by atomic mass is 9.85. The minimum Gasteiger partial charge on any atom is -0.327 e. The van der Waals surface area contributed by atoms with Crippen molar-refractivity contribution < 1.29 is 0 Å². The second-order valence-corrected chi connectivity index (χ2v) is 6.44. The summed E-state index contributed by atoms with van der Waals surface area (Å²) in [7, 11) is 0. The van der Waals surface area contributed by atoms with Gasteiger partial charge >= 0.3 is 0 Å². The third-order valence-corrected chi connectivity index (χ3v) is 3.57. The van der Waals surface area contributed by atoms with Crippen molar-refractivity contribution in [3.8, 4) is 0 Å². The van der Waals surface area contributed by atoms with Crippen LogP contribution < -0.4 is 5.73 Å². The average molecular weight is 197 g/mol. The van der Waals surface area contributed by atoms with Crippen LogP contribution in [0.15, 0.2) is 0 Å². The maximum atomic E-state index is 6.25. The minimum absolute atomic E-state index is 0.446. The highest BCUT2D eigenvalue weighted by molar-refractivity contribution is 4.82. The Balaban J connectivity index is 2.25. The monoisotopic (exact) mass is 197 g/mol. The van der Waals surface area contributed by atoms with E-state index in [4.69, 9.17) is 5.73 Å². The number of nitrogens with two attached hydrogens (primary N) is 1. The minimum atomic E-state index is 0.446. The van der Waals surface area contributed by atoms with Crippen LogP contribution in [0.5, 0.6) is 0 Å². The average Bonchev–Trinajstić information content (AvgIpc) is 2.46. The van der Waals surface area contributed by atoms with Gasteiger partial charge in [0.05, 0.1) is 0 Å². The molecule has 0 aromatic heterocycles. The van der Waals surface area contributed by atoms with Crippen molar-refractivity contribution >= 4 is 0 Å². The van der Waals surface area contributed by atoms with Gasteiger partial charge in [0.25, 0.3) is 0 Å². The molecule has 0 amide bonds. The smallest absolute Gasteiger partial charge is 0.00674 e. The second kappa shape index (κ2) is 4.65. The van der Waals surface area contributed by atoms with Gasteiger partial charge in [-0.05, 0) is 42.9 Å². The van der Waals surface area contributed by atoms with E-state index in [9.17, 15) is 0 Å². The number of hydrogen-bond donors (Lipinski definition) is 1. The molecule has 1 rings (SSSR count). The fourth-order valence-corrected chi connectivity index (χ4v) is 2.48. The van der Waals surface area contributed by atoms with Gasteiger partial charge in [0.15, 0.2) is 0 Å². The van der Waals surface area contributed by atoms with Crippen molar-refractivity contribution in [2.45, 2.75) is 65.8 Å². The first-order valence-electron chi connectivity index (χ1n) is 6.14. The first kappa shape index (κ1) is 12.0. The Bertz CT molecular complexity index is 169. The molecule has 1 aliphatic rings. The van der Waals surface area contributed by atoms with E-state index in [1.807, 2.05) is 0 Å². The molecule has 1 heteroatoms. The summed E-state index contributed by atoms with van der Waals surface area (Å²) < 4.78 is 0. The highest BCUT2D eigenvalue weighted by Crippen LogP contribution is 2.34. The van der Waals surface area contributed by atoms with Gasteiger partial charge in [-0.15, -0.1) is 0 Å². The Morgan fingerprint density at radius 1 is 1.29 bits per heavy atom. The molecule has 14 heavy (non-hydrogen) atoms. The summed E-state index contributed by atoms with van der Waals surface area (Å²) in [4.78, 5) is 0. The topological polar surface area (TPSA) is 26.0 Å². The molecule has 2 N–H and O–H groups in total. The quantitative estimate of drug-likeness (QED) is 0.735. The zero-order valence-electron chi connectivity index (χ0n) is 10.3. The second-order valence-electron chi connectivity index (χ2n) is 6.44. The van der Waals surface area contributed by atoms with Crippen LogP contribution in [-0.2, 0) is 0 Å². The van der Waals surface area contributed by atoms with Crippen LogP contribution in [0.25, 0.3) is 0 Å². The normalized spacial score (nSPS) is 30.6. The number of hydrogen-bond acceptors (Lipinski definition) is 1. The van der Waals surface area contributed by atoms with Crippen LogP contribution in [0.4, 0.5) is 0 Å². The molecule has 0 aliphatic heterocycles. The zero-order chi connectivity index (χ0) is 10.8. The van der Waals surface area contributed by atoms with E-state index in [1.165, 1.54) is 32.1 Å². The van der Waals surface area contributed by atoms with Gasteiger partial charge in [-0.2, -0.15) is 0 Å². The van der Waals surface area contributed by atoms with Gasteiger partial charge in [0, 0.05) is 6.04 Å². The first-order chi connectivity index (χ1) is 6.38. The lowest BCUT2D eigenvalue weighted by Gasteiger charge is -2.24. The van der Waals surface area contributed by atoms with Gasteiger partial charge in [0.2, 0.25) is 0 Å². The van der Waals surface area contributed by atoms with Crippen LogP contribution >= 0.6 is 0 Å². The van der Waals surface area contributed by atoms with Crippen LogP contribution in [0.1, 0.15) is 59.8 Å². The summed E-state index contributed by atoms with van der Waals surface area (Å²) in [5.74, 6) is 1.73. The van der Waals surface area contributed by atoms with Gasteiger partial charge < -0.3 is 5.73 Å². The third-order valence-electron chi connectivity index (χ3n) is 3.57. The molecular formula is C13H27N. The maximum Gasteiger partial charge on any atom is 0.00674 e. The first-order valence-corrected chi connectivity index (χ1v) is 6.14. The SMILES string of the molecule is CC1CCC(C(N)CCC(C)(C)C)C1. The molecule has 0 spiro atoms. The summed E-state index contributed by atoms with van der Waals surface area (Å²) >= 11 is 0. The summed E-state index contributed by atoms with van der Waals surface area (Å²) in [6.07, 6.45) is 6.60. The molecule has 0 bridgehead atoms. The van der Waals surface area contributed by atoms with Crippen LogP contribution in [-0.4, -0.2) is 6.04 Å². The van der Waals surface area contributed by atoms with Crippen LogP contribution in [0.2, 0.25) is 0 Å². The highest BCUT2D eigenvalue weighted by Gasteiger charge is 2.27. The molecule has 1 aliphatic carbocycles. The van der Waals surface area contributed by atoms with Gasteiger partial charge in [0.1, 0.15) is 0 Å². The van der Waals surface area contributed by atoms with Crippen molar-refractivity contribution in [1.82, 2.24) is 0 Å². The summed E-state index contributed by atoms with van der Waals surface area (Å²) in [6.45, 7) is 9.27. The molecule has 84 valence electrons. The zero-order valence-corrected chi connectivity index (χ0v) is 10.3. The molecule has 1 nitrogen and oxygen atoms in total. The molecule has 0 aromatic carbocycles. The molecule has 3 atom stereocenters. The fraction of sp³-hybridized carbons (Fsp3) is 1.00.